The third-order valence-corrected chi connectivity index (χ3v) is 4.07. The number of benzene rings is 1. The lowest BCUT2D eigenvalue weighted by Crippen LogP contribution is -2.44. The van der Waals surface area contributed by atoms with Gasteiger partial charge in [0.25, 0.3) is 0 Å². The first-order valence-electron chi connectivity index (χ1n) is 7.84. The summed E-state index contributed by atoms with van der Waals surface area (Å²) in [7, 11) is 0. The van der Waals surface area contributed by atoms with Gasteiger partial charge in [-0.15, -0.1) is 0 Å². The van der Waals surface area contributed by atoms with E-state index in [1.54, 1.807) is 11.2 Å². The average molecular weight is 312 g/mol. The zero-order valence-electron chi connectivity index (χ0n) is 12.9. The fourth-order valence-electron chi connectivity index (χ4n) is 2.81. The van der Waals surface area contributed by atoms with Crippen LogP contribution in [0.1, 0.15) is 24.2 Å². The molecule has 1 atom stereocenters. The lowest BCUT2D eigenvalue weighted by molar-refractivity contribution is -0.139. The molecule has 0 unspecified atom stereocenters. The van der Waals surface area contributed by atoms with Crippen LogP contribution in [0.15, 0.2) is 53.1 Å². The highest BCUT2D eigenvalue weighted by Gasteiger charge is 2.28. The molecule has 120 valence electrons. The van der Waals surface area contributed by atoms with Gasteiger partial charge in [-0.3, -0.25) is 9.59 Å². The zero-order chi connectivity index (χ0) is 16.1. The van der Waals surface area contributed by atoms with Crippen LogP contribution >= 0.6 is 0 Å². The van der Waals surface area contributed by atoms with Gasteiger partial charge in [0, 0.05) is 19.5 Å². The molecule has 23 heavy (non-hydrogen) atoms. The van der Waals surface area contributed by atoms with Gasteiger partial charge in [0.05, 0.1) is 18.7 Å². The number of nitrogens with zero attached hydrogens (tertiary/aromatic N) is 1. The molecule has 0 saturated carbocycles. The molecule has 2 amide bonds. The Labute approximate surface area is 135 Å². The third kappa shape index (κ3) is 4.00. The number of amides is 2. The van der Waals surface area contributed by atoms with Crippen molar-refractivity contribution >= 4 is 11.8 Å². The number of hydrogen-bond donors (Lipinski definition) is 1. The Morgan fingerprint density at radius 1 is 1.17 bits per heavy atom. The molecule has 1 aromatic heterocycles. The monoisotopic (exact) mass is 312 g/mol. The van der Waals surface area contributed by atoms with Crippen molar-refractivity contribution in [2.45, 2.75) is 25.9 Å². The Hall–Kier alpha value is -2.56. The van der Waals surface area contributed by atoms with Crippen LogP contribution in [0.3, 0.4) is 0 Å². The first-order valence-corrected chi connectivity index (χ1v) is 7.84. The summed E-state index contributed by atoms with van der Waals surface area (Å²) in [6, 6.07) is 13.6. The minimum absolute atomic E-state index is 0.0229. The molecule has 2 aromatic rings. The van der Waals surface area contributed by atoms with Crippen LogP contribution in [0.2, 0.25) is 0 Å². The molecule has 1 N–H and O–H groups in total. The van der Waals surface area contributed by atoms with E-state index in [0.29, 0.717) is 32.5 Å². The van der Waals surface area contributed by atoms with Crippen LogP contribution in [-0.2, 0) is 22.7 Å². The molecule has 1 aliphatic rings. The van der Waals surface area contributed by atoms with Crippen molar-refractivity contribution < 1.29 is 14.0 Å². The number of nitrogens with one attached hydrogen (secondary N) is 1. The molecule has 1 aliphatic heterocycles. The fraction of sp³-hybridized carbons (Fsp3) is 0.333. The van der Waals surface area contributed by atoms with E-state index < -0.39 is 0 Å². The summed E-state index contributed by atoms with van der Waals surface area (Å²) in [6.07, 6.45) is 2.63. The molecule has 2 heterocycles. The second-order valence-corrected chi connectivity index (χ2v) is 5.80. The van der Waals surface area contributed by atoms with Gasteiger partial charge in [-0.2, -0.15) is 0 Å². The molecule has 0 aliphatic carbocycles. The zero-order valence-corrected chi connectivity index (χ0v) is 12.9. The largest absolute Gasteiger partial charge is 0.467 e. The average Bonchev–Trinajstić information content (AvgIpc) is 3.08. The standard InChI is InChI=1S/C18H20N2O3/c21-17-9-8-15(11-19-17)18(22)20(13-16-7-4-10-23-16)12-14-5-2-1-3-6-14/h1-7,10,15H,8-9,11-13H2,(H,19,21)/t15-/m0/s1. The Balaban J connectivity index is 1.73. The molecule has 0 radical (unpaired) electrons. The van der Waals surface area contributed by atoms with E-state index in [9.17, 15) is 9.59 Å². The van der Waals surface area contributed by atoms with E-state index in [4.69, 9.17) is 4.42 Å². The second kappa shape index (κ2) is 7.13. The summed E-state index contributed by atoms with van der Waals surface area (Å²) in [6.45, 7) is 1.39. The van der Waals surface area contributed by atoms with Crippen molar-refractivity contribution in [2.75, 3.05) is 6.54 Å². The molecule has 0 spiro atoms. The van der Waals surface area contributed by atoms with Crippen LogP contribution in [0.25, 0.3) is 0 Å². The molecule has 1 fully saturated rings. The number of carbonyl (C=O) groups excluding carboxylic acids is 2. The second-order valence-electron chi connectivity index (χ2n) is 5.80. The lowest BCUT2D eigenvalue weighted by atomic mass is 9.97. The Kier molecular flexibility index (Phi) is 4.76. The van der Waals surface area contributed by atoms with E-state index in [2.05, 4.69) is 5.32 Å². The van der Waals surface area contributed by atoms with Crippen molar-refractivity contribution in [3.8, 4) is 0 Å². The Morgan fingerprint density at radius 2 is 2.00 bits per heavy atom. The highest BCUT2D eigenvalue weighted by Crippen LogP contribution is 2.18. The number of rotatable bonds is 5. The number of piperidine rings is 1. The van der Waals surface area contributed by atoms with E-state index in [-0.39, 0.29) is 17.7 Å². The van der Waals surface area contributed by atoms with E-state index in [0.717, 1.165) is 11.3 Å². The van der Waals surface area contributed by atoms with Gasteiger partial charge >= 0.3 is 0 Å². The summed E-state index contributed by atoms with van der Waals surface area (Å²) in [5, 5.41) is 2.78. The van der Waals surface area contributed by atoms with Crippen LogP contribution in [0.5, 0.6) is 0 Å². The summed E-state index contributed by atoms with van der Waals surface area (Å²) >= 11 is 0. The third-order valence-electron chi connectivity index (χ3n) is 4.07. The first-order chi connectivity index (χ1) is 11.2. The number of carbonyl (C=O) groups is 2. The molecule has 1 aromatic carbocycles. The molecule has 5 heteroatoms. The number of hydrogen-bond acceptors (Lipinski definition) is 3. The minimum Gasteiger partial charge on any atom is -0.467 e. The molecule has 3 rings (SSSR count). The summed E-state index contributed by atoms with van der Waals surface area (Å²) in [5.41, 5.74) is 1.08. The highest BCUT2D eigenvalue weighted by atomic mass is 16.3. The summed E-state index contributed by atoms with van der Waals surface area (Å²) in [4.78, 5) is 26.0. The topological polar surface area (TPSA) is 62.6 Å². The van der Waals surface area contributed by atoms with Crippen molar-refractivity contribution in [3.05, 3.63) is 60.1 Å². The highest BCUT2D eigenvalue weighted by molar-refractivity contribution is 5.83. The summed E-state index contributed by atoms with van der Waals surface area (Å²) in [5.74, 6) is 0.681. The maximum absolute atomic E-state index is 12.9. The normalized spacial score (nSPS) is 17.6. The Morgan fingerprint density at radius 3 is 2.65 bits per heavy atom. The maximum Gasteiger partial charge on any atom is 0.228 e. The van der Waals surface area contributed by atoms with E-state index in [1.807, 2.05) is 42.5 Å². The van der Waals surface area contributed by atoms with Crippen LogP contribution in [0, 0.1) is 5.92 Å². The van der Waals surface area contributed by atoms with E-state index >= 15 is 0 Å². The predicted molar refractivity (Wildman–Crippen MR) is 85.1 cm³/mol. The van der Waals surface area contributed by atoms with Gasteiger partial charge in [0.15, 0.2) is 0 Å². The van der Waals surface area contributed by atoms with Gasteiger partial charge in [-0.25, -0.2) is 0 Å². The van der Waals surface area contributed by atoms with Gasteiger partial charge in [-0.1, -0.05) is 30.3 Å². The Bertz CT molecular complexity index is 642. The molecule has 5 nitrogen and oxygen atoms in total. The summed E-state index contributed by atoms with van der Waals surface area (Å²) < 4.78 is 5.39. The van der Waals surface area contributed by atoms with Crippen molar-refractivity contribution in [1.29, 1.82) is 0 Å². The molecular weight excluding hydrogens is 292 g/mol. The minimum atomic E-state index is -0.161. The smallest absolute Gasteiger partial charge is 0.228 e. The van der Waals surface area contributed by atoms with Gasteiger partial charge in [0.2, 0.25) is 11.8 Å². The SMILES string of the molecule is O=C1CC[C@H](C(=O)N(Cc2ccccc2)Cc2ccco2)CN1. The molecule has 0 bridgehead atoms. The van der Waals surface area contributed by atoms with Gasteiger partial charge in [-0.05, 0) is 24.1 Å². The molecular formula is C18H20N2O3. The van der Waals surface area contributed by atoms with Crippen LogP contribution in [0.4, 0.5) is 0 Å². The van der Waals surface area contributed by atoms with Crippen molar-refractivity contribution in [3.63, 3.8) is 0 Å². The van der Waals surface area contributed by atoms with Crippen LogP contribution in [-0.4, -0.2) is 23.3 Å². The van der Waals surface area contributed by atoms with Crippen molar-refractivity contribution in [1.82, 2.24) is 10.2 Å². The number of furan rings is 1. The van der Waals surface area contributed by atoms with E-state index in [1.165, 1.54) is 0 Å². The lowest BCUT2D eigenvalue weighted by Gasteiger charge is -2.29. The fourth-order valence-corrected chi connectivity index (χ4v) is 2.81. The van der Waals surface area contributed by atoms with Gasteiger partial charge < -0.3 is 14.6 Å². The van der Waals surface area contributed by atoms with Crippen molar-refractivity contribution in [2.24, 2.45) is 5.92 Å². The van der Waals surface area contributed by atoms with Gasteiger partial charge in [0.1, 0.15) is 5.76 Å². The predicted octanol–water partition coefficient (Wildman–Crippen LogP) is 2.33. The quantitative estimate of drug-likeness (QED) is 0.921. The maximum atomic E-state index is 12.9. The van der Waals surface area contributed by atoms with Crippen LogP contribution < -0.4 is 5.32 Å². The molecule has 1 saturated heterocycles. The first kappa shape index (κ1) is 15.3.